The van der Waals surface area contributed by atoms with Crippen LogP contribution in [0.5, 0.6) is 0 Å². The van der Waals surface area contributed by atoms with E-state index in [4.69, 9.17) is 5.26 Å². The Hall–Kier alpha value is -2.14. The molecule has 2 aliphatic rings. The second-order valence-corrected chi connectivity index (χ2v) is 9.85. The fourth-order valence-electron chi connectivity index (χ4n) is 5.78. The zero-order valence-electron chi connectivity index (χ0n) is 19.3. The van der Waals surface area contributed by atoms with E-state index in [1.54, 1.807) is 6.08 Å². The SMILES string of the molecule is CCCCCc1ccc([C@H]2CC[C@H]([C@H]3CC[C@](C=O)(C=CC=CC#N)CC3)CC2)cc1. The predicted molar refractivity (Wildman–Crippen MR) is 129 cm³/mol. The van der Waals surface area contributed by atoms with Gasteiger partial charge < -0.3 is 4.79 Å². The Labute approximate surface area is 189 Å². The van der Waals surface area contributed by atoms with Crippen molar-refractivity contribution in [3.63, 3.8) is 0 Å². The van der Waals surface area contributed by atoms with Gasteiger partial charge in [-0.05, 0) is 93.1 Å². The highest BCUT2D eigenvalue weighted by atomic mass is 16.1. The van der Waals surface area contributed by atoms with E-state index in [1.807, 2.05) is 18.2 Å². The number of carbonyl (C=O) groups is 1. The van der Waals surface area contributed by atoms with Crippen LogP contribution in [-0.4, -0.2) is 6.29 Å². The number of nitrogens with zero attached hydrogens (tertiary/aromatic N) is 1. The lowest BCUT2D eigenvalue weighted by molar-refractivity contribution is -0.116. The summed E-state index contributed by atoms with van der Waals surface area (Å²) in [5.41, 5.74) is 2.72. The zero-order valence-corrected chi connectivity index (χ0v) is 19.3. The number of aryl methyl sites for hydroxylation is 1. The van der Waals surface area contributed by atoms with E-state index < -0.39 is 0 Å². The number of hydrogen-bond donors (Lipinski definition) is 0. The van der Waals surface area contributed by atoms with Crippen LogP contribution in [-0.2, 0) is 11.2 Å². The Balaban J connectivity index is 1.46. The summed E-state index contributed by atoms with van der Waals surface area (Å²) in [6.45, 7) is 2.26. The smallest absolute Gasteiger partial charge is 0.129 e. The van der Waals surface area contributed by atoms with E-state index >= 15 is 0 Å². The van der Waals surface area contributed by atoms with Gasteiger partial charge in [0.1, 0.15) is 6.29 Å². The number of unbranched alkanes of at least 4 members (excludes halogenated alkanes) is 2. The van der Waals surface area contributed by atoms with Crippen molar-refractivity contribution in [3.8, 4) is 6.07 Å². The molecule has 2 nitrogen and oxygen atoms in total. The standard InChI is InChI=1S/C29H39NO/c1-2-3-5-8-24-9-11-25(12-10-24)26-13-15-27(16-14-26)28-17-20-29(23-31,21-18-28)19-6-4-7-22-30/h4,6-7,9-12,19,23,26-28H,2-3,5,8,13-18,20-21H2,1H3/t26-,27-,28-,29+. The molecule has 0 spiro atoms. The molecule has 3 rings (SSSR count). The number of allylic oxidation sites excluding steroid dienone is 4. The average molecular weight is 418 g/mol. The molecule has 0 atom stereocenters. The molecule has 2 aliphatic carbocycles. The van der Waals surface area contributed by atoms with Crippen molar-refractivity contribution < 1.29 is 4.79 Å². The lowest BCUT2D eigenvalue weighted by Crippen LogP contribution is -2.31. The molecule has 1 aromatic rings. The van der Waals surface area contributed by atoms with Crippen LogP contribution >= 0.6 is 0 Å². The quantitative estimate of drug-likeness (QED) is 0.179. The van der Waals surface area contributed by atoms with Gasteiger partial charge in [0.2, 0.25) is 0 Å². The van der Waals surface area contributed by atoms with Crippen molar-refractivity contribution in [3.05, 3.63) is 59.7 Å². The van der Waals surface area contributed by atoms with E-state index in [1.165, 1.54) is 68.6 Å². The van der Waals surface area contributed by atoms with Gasteiger partial charge in [0.15, 0.2) is 0 Å². The molecule has 166 valence electrons. The van der Waals surface area contributed by atoms with Crippen molar-refractivity contribution in [2.75, 3.05) is 0 Å². The highest BCUT2D eigenvalue weighted by Crippen LogP contribution is 2.47. The highest BCUT2D eigenvalue weighted by Gasteiger charge is 2.37. The van der Waals surface area contributed by atoms with Gasteiger partial charge in [0, 0.05) is 11.5 Å². The number of benzene rings is 1. The monoisotopic (exact) mass is 417 g/mol. The molecule has 0 heterocycles. The van der Waals surface area contributed by atoms with Gasteiger partial charge in [-0.25, -0.2) is 0 Å². The fraction of sp³-hybridized carbons (Fsp3) is 0.586. The Morgan fingerprint density at radius 1 is 0.968 bits per heavy atom. The molecule has 0 bridgehead atoms. The summed E-state index contributed by atoms with van der Waals surface area (Å²) in [5.74, 6) is 2.34. The van der Waals surface area contributed by atoms with Gasteiger partial charge >= 0.3 is 0 Å². The molecule has 2 fully saturated rings. The average Bonchev–Trinajstić information content (AvgIpc) is 2.83. The molecule has 0 N–H and O–H groups in total. The normalized spacial score (nSPS) is 29.2. The second kappa shape index (κ2) is 12.0. The maximum absolute atomic E-state index is 11.8. The van der Waals surface area contributed by atoms with Crippen LogP contribution in [0.4, 0.5) is 0 Å². The minimum atomic E-state index is -0.313. The molecular weight excluding hydrogens is 378 g/mol. The first-order valence-corrected chi connectivity index (χ1v) is 12.5. The maximum atomic E-state index is 11.8. The van der Waals surface area contributed by atoms with Crippen LogP contribution in [0.15, 0.2) is 48.6 Å². The summed E-state index contributed by atoms with van der Waals surface area (Å²) in [6, 6.07) is 11.5. The fourth-order valence-corrected chi connectivity index (χ4v) is 5.78. The first-order valence-electron chi connectivity index (χ1n) is 12.5. The van der Waals surface area contributed by atoms with E-state index in [9.17, 15) is 4.79 Å². The number of rotatable bonds is 9. The van der Waals surface area contributed by atoms with Crippen LogP contribution in [0.25, 0.3) is 0 Å². The Kier molecular flexibility index (Phi) is 9.13. The van der Waals surface area contributed by atoms with Crippen LogP contribution < -0.4 is 0 Å². The topological polar surface area (TPSA) is 40.9 Å². The molecular formula is C29H39NO. The summed E-state index contributed by atoms with van der Waals surface area (Å²) in [7, 11) is 0. The van der Waals surface area contributed by atoms with E-state index in [0.29, 0.717) is 0 Å². The molecule has 0 aromatic heterocycles. The molecule has 0 amide bonds. The van der Waals surface area contributed by atoms with Crippen molar-refractivity contribution >= 4 is 6.29 Å². The number of carbonyl (C=O) groups excluding carboxylic acids is 1. The van der Waals surface area contributed by atoms with Gasteiger partial charge in [-0.3, -0.25) is 0 Å². The van der Waals surface area contributed by atoms with Crippen LogP contribution in [0.3, 0.4) is 0 Å². The molecule has 31 heavy (non-hydrogen) atoms. The van der Waals surface area contributed by atoms with Gasteiger partial charge in [0.25, 0.3) is 0 Å². The first-order chi connectivity index (χ1) is 15.2. The zero-order chi connectivity index (χ0) is 21.9. The summed E-state index contributed by atoms with van der Waals surface area (Å²) >= 11 is 0. The Bertz CT molecular complexity index is 766. The molecule has 2 heteroatoms. The number of nitriles is 1. The van der Waals surface area contributed by atoms with E-state index in [0.717, 1.165) is 49.7 Å². The molecule has 2 saturated carbocycles. The van der Waals surface area contributed by atoms with Crippen molar-refractivity contribution in [1.82, 2.24) is 0 Å². The Morgan fingerprint density at radius 2 is 1.65 bits per heavy atom. The van der Waals surface area contributed by atoms with Gasteiger partial charge in [-0.15, -0.1) is 0 Å². The third-order valence-electron chi connectivity index (χ3n) is 7.86. The minimum Gasteiger partial charge on any atom is -0.302 e. The van der Waals surface area contributed by atoms with E-state index in [-0.39, 0.29) is 5.41 Å². The first kappa shape index (κ1) is 23.5. The molecule has 0 aliphatic heterocycles. The van der Waals surface area contributed by atoms with Crippen LogP contribution in [0.2, 0.25) is 0 Å². The third kappa shape index (κ3) is 6.67. The lowest BCUT2D eigenvalue weighted by atomic mass is 9.64. The van der Waals surface area contributed by atoms with Crippen molar-refractivity contribution in [1.29, 1.82) is 5.26 Å². The summed E-state index contributed by atoms with van der Waals surface area (Å²) in [5, 5.41) is 8.61. The van der Waals surface area contributed by atoms with Crippen molar-refractivity contribution in [2.45, 2.75) is 89.9 Å². The van der Waals surface area contributed by atoms with Gasteiger partial charge in [-0.2, -0.15) is 5.26 Å². The van der Waals surface area contributed by atoms with Crippen LogP contribution in [0, 0.1) is 28.6 Å². The predicted octanol–water partition coefficient (Wildman–Crippen LogP) is 7.70. The third-order valence-corrected chi connectivity index (χ3v) is 7.86. The van der Waals surface area contributed by atoms with Gasteiger partial charge in [0.05, 0.1) is 6.07 Å². The summed E-state index contributed by atoms with van der Waals surface area (Å²) in [4.78, 5) is 11.8. The van der Waals surface area contributed by atoms with E-state index in [2.05, 4.69) is 31.2 Å². The number of hydrogen-bond acceptors (Lipinski definition) is 2. The maximum Gasteiger partial charge on any atom is 0.129 e. The molecule has 0 radical (unpaired) electrons. The largest absolute Gasteiger partial charge is 0.302 e. The molecule has 1 aromatic carbocycles. The van der Waals surface area contributed by atoms with Crippen LogP contribution in [0.1, 0.15) is 94.6 Å². The Morgan fingerprint density at radius 3 is 2.26 bits per heavy atom. The minimum absolute atomic E-state index is 0.313. The molecule has 0 unspecified atom stereocenters. The molecule has 0 saturated heterocycles. The number of aldehydes is 1. The van der Waals surface area contributed by atoms with Crippen molar-refractivity contribution in [2.24, 2.45) is 17.3 Å². The second-order valence-electron chi connectivity index (χ2n) is 9.85. The highest BCUT2D eigenvalue weighted by molar-refractivity contribution is 5.63. The van der Waals surface area contributed by atoms with Gasteiger partial charge in [-0.1, -0.05) is 62.3 Å². The summed E-state index contributed by atoms with van der Waals surface area (Å²) < 4.78 is 0. The summed E-state index contributed by atoms with van der Waals surface area (Å²) in [6.07, 6.45) is 22.9. The lowest BCUT2D eigenvalue weighted by Gasteiger charge is -2.40.